The van der Waals surface area contributed by atoms with E-state index in [1.165, 1.54) is 0 Å². The highest BCUT2D eigenvalue weighted by atomic mass is 79.9. The van der Waals surface area contributed by atoms with Crippen LogP contribution in [-0.2, 0) is 0 Å². The third-order valence-electron chi connectivity index (χ3n) is 3.10. The van der Waals surface area contributed by atoms with Crippen LogP contribution in [0.1, 0.15) is 44.0 Å². The van der Waals surface area contributed by atoms with Gasteiger partial charge in [0.2, 0.25) is 0 Å². The van der Waals surface area contributed by atoms with E-state index in [0.29, 0.717) is 16.1 Å². The summed E-state index contributed by atoms with van der Waals surface area (Å²) in [4.78, 5) is 16.0. The van der Waals surface area contributed by atoms with Crippen molar-refractivity contribution in [3.05, 3.63) is 28.5 Å². The van der Waals surface area contributed by atoms with Crippen molar-refractivity contribution in [2.24, 2.45) is 5.92 Å². The highest BCUT2D eigenvalue weighted by Gasteiger charge is 2.16. The van der Waals surface area contributed by atoms with Crippen molar-refractivity contribution in [1.82, 2.24) is 10.3 Å². The molecule has 1 N–H and O–H groups in total. The summed E-state index contributed by atoms with van der Waals surface area (Å²) in [5.74, 6) is 0.497. The number of halogens is 1. The maximum Gasteiger partial charge on any atom is 0.251 e. The Morgan fingerprint density at radius 2 is 2.12 bits per heavy atom. The number of carbonyl (C=O) groups excluding carboxylic acids is 1. The molecule has 17 heavy (non-hydrogen) atoms. The van der Waals surface area contributed by atoms with Crippen molar-refractivity contribution in [3.8, 4) is 0 Å². The molecule has 0 bridgehead atoms. The van der Waals surface area contributed by atoms with E-state index in [1.807, 2.05) is 0 Å². The molecule has 1 atom stereocenters. The summed E-state index contributed by atoms with van der Waals surface area (Å²) in [6.45, 7) is 6.37. The zero-order chi connectivity index (χ0) is 12.8. The molecule has 1 aromatic rings. The van der Waals surface area contributed by atoms with Crippen molar-refractivity contribution in [2.45, 2.75) is 39.7 Å². The molecule has 0 radical (unpaired) electrons. The van der Waals surface area contributed by atoms with E-state index >= 15 is 0 Å². The maximum absolute atomic E-state index is 12.0. The SMILES string of the molecule is CCC(CC)C(C)NC(=O)c1ccnc(Br)c1. The van der Waals surface area contributed by atoms with Gasteiger partial charge in [0.25, 0.3) is 5.91 Å². The van der Waals surface area contributed by atoms with Gasteiger partial charge in [-0.05, 0) is 40.9 Å². The van der Waals surface area contributed by atoms with Gasteiger partial charge in [0.15, 0.2) is 0 Å². The summed E-state index contributed by atoms with van der Waals surface area (Å²) < 4.78 is 0.681. The van der Waals surface area contributed by atoms with Gasteiger partial charge in [-0.15, -0.1) is 0 Å². The Morgan fingerprint density at radius 3 is 2.65 bits per heavy atom. The van der Waals surface area contributed by atoms with E-state index < -0.39 is 0 Å². The first-order valence-electron chi connectivity index (χ1n) is 6.00. The molecule has 94 valence electrons. The normalized spacial score (nSPS) is 12.5. The first-order chi connectivity index (χ1) is 8.08. The number of nitrogens with one attached hydrogen (secondary N) is 1. The quantitative estimate of drug-likeness (QED) is 0.847. The van der Waals surface area contributed by atoms with Crippen LogP contribution in [0.2, 0.25) is 0 Å². The Kier molecular flexibility index (Phi) is 5.62. The molecule has 0 saturated carbocycles. The zero-order valence-corrected chi connectivity index (χ0v) is 12.1. The largest absolute Gasteiger partial charge is 0.349 e. The Hall–Kier alpha value is -0.900. The molecule has 1 rings (SSSR count). The molecule has 0 aromatic carbocycles. The van der Waals surface area contributed by atoms with Crippen LogP contribution < -0.4 is 5.32 Å². The molecule has 4 heteroatoms. The number of pyridine rings is 1. The van der Waals surface area contributed by atoms with E-state index in [9.17, 15) is 4.79 Å². The molecule has 1 amide bonds. The zero-order valence-electron chi connectivity index (χ0n) is 10.5. The van der Waals surface area contributed by atoms with Crippen LogP contribution >= 0.6 is 15.9 Å². The first kappa shape index (κ1) is 14.2. The number of hydrogen-bond donors (Lipinski definition) is 1. The van der Waals surface area contributed by atoms with Gasteiger partial charge >= 0.3 is 0 Å². The molecule has 0 saturated heterocycles. The lowest BCUT2D eigenvalue weighted by Gasteiger charge is -2.22. The summed E-state index contributed by atoms with van der Waals surface area (Å²) in [5, 5.41) is 3.04. The van der Waals surface area contributed by atoms with Gasteiger partial charge in [-0.25, -0.2) is 4.98 Å². The van der Waals surface area contributed by atoms with Gasteiger partial charge < -0.3 is 5.32 Å². The lowest BCUT2D eigenvalue weighted by Crippen LogP contribution is -2.37. The summed E-state index contributed by atoms with van der Waals surface area (Å²) in [7, 11) is 0. The average Bonchev–Trinajstić information content (AvgIpc) is 2.30. The molecule has 0 spiro atoms. The third kappa shape index (κ3) is 4.11. The fraction of sp³-hybridized carbons (Fsp3) is 0.538. The second-order valence-electron chi connectivity index (χ2n) is 4.21. The molecule has 1 heterocycles. The molecule has 0 aliphatic heterocycles. The Bertz CT molecular complexity index is 377. The Balaban J connectivity index is 2.66. The highest BCUT2D eigenvalue weighted by molar-refractivity contribution is 9.10. The third-order valence-corrected chi connectivity index (χ3v) is 3.54. The summed E-state index contributed by atoms with van der Waals surface area (Å²) >= 11 is 3.26. The van der Waals surface area contributed by atoms with Gasteiger partial charge in [-0.2, -0.15) is 0 Å². The van der Waals surface area contributed by atoms with E-state index in [-0.39, 0.29) is 11.9 Å². The van der Waals surface area contributed by atoms with E-state index in [1.54, 1.807) is 18.3 Å². The average molecular weight is 299 g/mol. The van der Waals surface area contributed by atoms with Gasteiger partial charge in [-0.1, -0.05) is 26.7 Å². The van der Waals surface area contributed by atoms with Gasteiger partial charge in [-0.3, -0.25) is 4.79 Å². The number of hydrogen-bond acceptors (Lipinski definition) is 2. The van der Waals surface area contributed by atoms with Crippen molar-refractivity contribution >= 4 is 21.8 Å². The van der Waals surface area contributed by atoms with Gasteiger partial charge in [0.05, 0.1) is 0 Å². The number of aromatic nitrogens is 1. The van der Waals surface area contributed by atoms with Crippen LogP contribution in [-0.4, -0.2) is 16.9 Å². The molecule has 3 nitrogen and oxygen atoms in total. The van der Waals surface area contributed by atoms with E-state index in [0.717, 1.165) is 12.8 Å². The van der Waals surface area contributed by atoms with Crippen molar-refractivity contribution in [1.29, 1.82) is 0 Å². The molecular formula is C13H19BrN2O. The lowest BCUT2D eigenvalue weighted by atomic mass is 9.95. The second-order valence-corrected chi connectivity index (χ2v) is 5.02. The number of carbonyl (C=O) groups is 1. The Labute approximate surface area is 111 Å². The van der Waals surface area contributed by atoms with Crippen molar-refractivity contribution < 1.29 is 4.79 Å². The predicted octanol–water partition coefficient (Wildman–Crippen LogP) is 3.40. The van der Waals surface area contributed by atoms with Crippen LogP contribution in [0.5, 0.6) is 0 Å². The monoisotopic (exact) mass is 298 g/mol. The highest BCUT2D eigenvalue weighted by Crippen LogP contribution is 2.14. The maximum atomic E-state index is 12.0. The van der Waals surface area contributed by atoms with Crippen LogP contribution in [0.25, 0.3) is 0 Å². The van der Waals surface area contributed by atoms with Crippen molar-refractivity contribution in [3.63, 3.8) is 0 Å². The molecular weight excluding hydrogens is 280 g/mol. The molecule has 0 aliphatic rings. The number of rotatable bonds is 5. The standard InChI is InChI=1S/C13H19BrN2O/c1-4-10(5-2)9(3)16-13(17)11-6-7-15-12(14)8-11/h6-10H,4-5H2,1-3H3,(H,16,17). The number of amides is 1. The molecule has 0 aliphatic carbocycles. The van der Waals surface area contributed by atoms with E-state index in [2.05, 4.69) is 47.0 Å². The van der Waals surface area contributed by atoms with Crippen molar-refractivity contribution in [2.75, 3.05) is 0 Å². The molecule has 0 fully saturated rings. The topological polar surface area (TPSA) is 42.0 Å². The van der Waals surface area contributed by atoms with Gasteiger partial charge in [0.1, 0.15) is 4.60 Å². The van der Waals surface area contributed by atoms with Crippen LogP contribution in [0.3, 0.4) is 0 Å². The minimum atomic E-state index is -0.0347. The smallest absolute Gasteiger partial charge is 0.251 e. The second kappa shape index (κ2) is 6.74. The molecule has 1 aromatic heterocycles. The molecule has 1 unspecified atom stereocenters. The fourth-order valence-corrected chi connectivity index (χ4v) is 2.31. The van der Waals surface area contributed by atoms with Gasteiger partial charge in [0, 0.05) is 17.8 Å². The minimum absolute atomic E-state index is 0.0347. The number of nitrogens with zero attached hydrogens (tertiary/aromatic N) is 1. The summed E-state index contributed by atoms with van der Waals surface area (Å²) in [6, 6.07) is 3.65. The van der Waals surface area contributed by atoms with E-state index in [4.69, 9.17) is 0 Å². The van der Waals surface area contributed by atoms with Crippen LogP contribution in [0.15, 0.2) is 22.9 Å². The summed E-state index contributed by atoms with van der Waals surface area (Å²) in [5.41, 5.74) is 0.643. The van der Waals surface area contributed by atoms with Crippen LogP contribution in [0, 0.1) is 5.92 Å². The minimum Gasteiger partial charge on any atom is -0.349 e. The first-order valence-corrected chi connectivity index (χ1v) is 6.80. The lowest BCUT2D eigenvalue weighted by molar-refractivity contribution is 0.0925. The predicted molar refractivity (Wildman–Crippen MR) is 72.9 cm³/mol. The fourth-order valence-electron chi connectivity index (χ4n) is 1.95. The van der Waals surface area contributed by atoms with Crippen LogP contribution in [0.4, 0.5) is 0 Å². The Morgan fingerprint density at radius 1 is 1.47 bits per heavy atom. The summed E-state index contributed by atoms with van der Waals surface area (Å²) in [6.07, 6.45) is 3.79.